The average molecular weight is 269 g/mol. The molecule has 4 nitrogen and oxygen atoms in total. The molecule has 1 fully saturated rings. The van der Waals surface area contributed by atoms with E-state index in [4.69, 9.17) is 5.73 Å². The van der Waals surface area contributed by atoms with Crippen LogP contribution < -0.4 is 11.1 Å². The SMILES string of the molecule is CCCNC(C)(CCN(CC)CC1CCC1)C(N)=O. The molecule has 3 N–H and O–H groups in total. The Morgan fingerprint density at radius 2 is 2.11 bits per heavy atom. The van der Waals surface area contributed by atoms with Gasteiger partial charge in [0, 0.05) is 13.1 Å². The highest BCUT2D eigenvalue weighted by Crippen LogP contribution is 2.27. The zero-order chi connectivity index (χ0) is 14.3. The molecule has 0 spiro atoms. The monoisotopic (exact) mass is 269 g/mol. The van der Waals surface area contributed by atoms with Crippen LogP contribution in [0.1, 0.15) is 52.9 Å². The summed E-state index contributed by atoms with van der Waals surface area (Å²) in [5.74, 6) is 0.643. The van der Waals surface area contributed by atoms with E-state index >= 15 is 0 Å². The van der Waals surface area contributed by atoms with Crippen LogP contribution in [0.2, 0.25) is 0 Å². The lowest BCUT2D eigenvalue weighted by Gasteiger charge is -2.34. The van der Waals surface area contributed by atoms with Crippen molar-refractivity contribution in [3.63, 3.8) is 0 Å². The second kappa shape index (κ2) is 7.85. The summed E-state index contributed by atoms with van der Waals surface area (Å²) in [6.45, 7) is 10.3. The van der Waals surface area contributed by atoms with E-state index in [2.05, 4.69) is 24.1 Å². The predicted octanol–water partition coefficient (Wildman–Crippen LogP) is 1.74. The highest BCUT2D eigenvalue weighted by molar-refractivity contribution is 5.84. The normalized spacial score (nSPS) is 19.2. The molecule has 0 heterocycles. The van der Waals surface area contributed by atoms with Crippen molar-refractivity contribution in [3.05, 3.63) is 0 Å². The number of amides is 1. The van der Waals surface area contributed by atoms with E-state index in [1.807, 2.05) is 6.92 Å². The number of carbonyl (C=O) groups excluding carboxylic acids is 1. The first-order valence-corrected chi connectivity index (χ1v) is 7.79. The van der Waals surface area contributed by atoms with E-state index < -0.39 is 5.54 Å². The molecule has 0 saturated heterocycles. The van der Waals surface area contributed by atoms with E-state index in [9.17, 15) is 4.79 Å². The first kappa shape index (κ1) is 16.4. The van der Waals surface area contributed by atoms with Gasteiger partial charge in [-0.3, -0.25) is 4.79 Å². The maximum absolute atomic E-state index is 11.7. The topological polar surface area (TPSA) is 58.4 Å². The van der Waals surface area contributed by atoms with Crippen molar-refractivity contribution < 1.29 is 4.79 Å². The van der Waals surface area contributed by atoms with E-state index in [1.165, 1.54) is 25.8 Å². The number of carbonyl (C=O) groups is 1. The molecule has 0 radical (unpaired) electrons. The van der Waals surface area contributed by atoms with Crippen LogP contribution in [0.15, 0.2) is 0 Å². The highest BCUT2D eigenvalue weighted by Gasteiger charge is 2.30. The summed E-state index contributed by atoms with van der Waals surface area (Å²) in [7, 11) is 0. The molecule has 0 aromatic carbocycles. The second-order valence-corrected chi connectivity index (χ2v) is 6.06. The van der Waals surface area contributed by atoms with Gasteiger partial charge >= 0.3 is 0 Å². The Kier molecular flexibility index (Phi) is 6.80. The summed E-state index contributed by atoms with van der Waals surface area (Å²) in [5, 5.41) is 3.30. The molecule has 4 heteroatoms. The van der Waals surface area contributed by atoms with E-state index in [-0.39, 0.29) is 5.91 Å². The number of rotatable bonds is 10. The predicted molar refractivity (Wildman–Crippen MR) is 80.0 cm³/mol. The molecular formula is C15H31N3O. The fourth-order valence-corrected chi connectivity index (χ4v) is 2.50. The zero-order valence-corrected chi connectivity index (χ0v) is 12.9. The standard InChI is InChI=1S/C15H31N3O/c1-4-10-17-15(3,14(16)19)9-11-18(5-2)12-13-7-6-8-13/h13,17H,4-12H2,1-3H3,(H2,16,19). The Labute approximate surface area is 118 Å². The van der Waals surface area contributed by atoms with Crippen LogP contribution in [0.3, 0.4) is 0 Å². The van der Waals surface area contributed by atoms with Gasteiger partial charge in [0.15, 0.2) is 0 Å². The van der Waals surface area contributed by atoms with E-state index in [1.54, 1.807) is 0 Å². The molecule has 0 aliphatic heterocycles. The number of hydrogen-bond acceptors (Lipinski definition) is 3. The van der Waals surface area contributed by atoms with E-state index in [0.717, 1.165) is 38.4 Å². The third-order valence-electron chi connectivity index (χ3n) is 4.43. The van der Waals surface area contributed by atoms with Crippen molar-refractivity contribution in [1.29, 1.82) is 0 Å². The van der Waals surface area contributed by atoms with Gasteiger partial charge in [0.25, 0.3) is 0 Å². The van der Waals surface area contributed by atoms with Crippen molar-refractivity contribution in [2.75, 3.05) is 26.2 Å². The summed E-state index contributed by atoms with van der Waals surface area (Å²) in [4.78, 5) is 14.1. The third kappa shape index (κ3) is 5.11. The largest absolute Gasteiger partial charge is 0.368 e. The van der Waals surface area contributed by atoms with E-state index in [0.29, 0.717) is 0 Å². The molecule has 1 saturated carbocycles. The van der Waals surface area contributed by atoms with Gasteiger partial charge in [0.1, 0.15) is 0 Å². The first-order chi connectivity index (χ1) is 9.01. The lowest BCUT2D eigenvalue weighted by Crippen LogP contribution is -2.55. The van der Waals surface area contributed by atoms with Crippen LogP contribution in [0.25, 0.3) is 0 Å². The highest BCUT2D eigenvalue weighted by atomic mass is 16.1. The second-order valence-electron chi connectivity index (χ2n) is 6.06. The minimum atomic E-state index is -0.566. The van der Waals surface area contributed by atoms with Gasteiger partial charge in [-0.1, -0.05) is 20.3 Å². The third-order valence-corrected chi connectivity index (χ3v) is 4.43. The van der Waals surface area contributed by atoms with Gasteiger partial charge in [-0.15, -0.1) is 0 Å². The zero-order valence-electron chi connectivity index (χ0n) is 12.9. The fourth-order valence-electron chi connectivity index (χ4n) is 2.50. The summed E-state index contributed by atoms with van der Waals surface area (Å²) in [5.41, 5.74) is 4.99. The number of nitrogens with one attached hydrogen (secondary N) is 1. The fraction of sp³-hybridized carbons (Fsp3) is 0.933. The van der Waals surface area contributed by atoms with Crippen LogP contribution in [0, 0.1) is 5.92 Å². The van der Waals surface area contributed by atoms with Gasteiger partial charge in [0.2, 0.25) is 5.91 Å². The first-order valence-electron chi connectivity index (χ1n) is 7.79. The van der Waals surface area contributed by atoms with Crippen molar-refractivity contribution in [2.24, 2.45) is 11.7 Å². The lowest BCUT2D eigenvalue weighted by molar-refractivity contribution is -0.124. The number of primary amides is 1. The van der Waals surface area contributed by atoms with Crippen molar-refractivity contribution >= 4 is 5.91 Å². The maximum Gasteiger partial charge on any atom is 0.237 e. The number of hydrogen-bond donors (Lipinski definition) is 2. The maximum atomic E-state index is 11.7. The quantitative estimate of drug-likeness (QED) is 0.635. The summed E-state index contributed by atoms with van der Waals surface area (Å²) in [6, 6.07) is 0. The molecule has 112 valence electrons. The molecule has 19 heavy (non-hydrogen) atoms. The van der Waals surface area contributed by atoms with Gasteiger partial charge in [0.05, 0.1) is 5.54 Å². The lowest BCUT2D eigenvalue weighted by atomic mass is 9.85. The van der Waals surface area contributed by atoms with Gasteiger partial charge < -0.3 is 16.0 Å². The van der Waals surface area contributed by atoms with Gasteiger partial charge in [-0.25, -0.2) is 0 Å². The van der Waals surface area contributed by atoms with Crippen molar-refractivity contribution in [2.45, 2.75) is 58.4 Å². The molecule has 1 unspecified atom stereocenters. The molecule has 1 rings (SSSR count). The minimum Gasteiger partial charge on any atom is -0.368 e. The molecule has 0 bridgehead atoms. The Balaban J connectivity index is 2.41. The van der Waals surface area contributed by atoms with Crippen LogP contribution >= 0.6 is 0 Å². The Bertz CT molecular complexity index is 279. The molecule has 1 aliphatic rings. The average Bonchev–Trinajstić information content (AvgIpc) is 2.34. The smallest absolute Gasteiger partial charge is 0.237 e. The number of nitrogens with two attached hydrogens (primary N) is 1. The van der Waals surface area contributed by atoms with Gasteiger partial charge in [-0.2, -0.15) is 0 Å². The Hall–Kier alpha value is -0.610. The van der Waals surface area contributed by atoms with Crippen molar-refractivity contribution in [3.8, 4) is 0 Å². The van der Waals surface area contributed by atoms with Crippen molar-refractivity contribution in [1.82, 2.24) is 10.2 Å². The summed E-state index contributed by atoms with van der Waals surface area (Å²) >= 11 is 0. The van der Waals surface area contributed by atoms with Crippen LogP contribution in [-0.2, 0) is 4.79 Å². The van der Waals surface area contributed by atoms with Gasteiger partial charge in [-0.05, 0) is 51.6 Å². The summed E-state index contributed by atoms with van der Waals surface area (Å²) in [6.07, 6.45) is 5.94. The molecule has 1 amide bonds. The molecule has 1 atom stereocenters. The molecule has 0 aromatic heterocycles. The van der Waals surface area contributed by atoms with Crippen LogP contribution in [-0.4, -0.2) is 42.5 Å². The molecule has 0 aromatic rings. The molecule has 1 aliphatic carbocycles. The van der Waals surface area contributed by atoms with Crippen LogP contribution in [0.4, 0.5) is 0 Å². The Morgan fingerprint density at radius 3 is 2.53 bits per heavy atom. The summed E-state index contributed by atoms with van der Waals surface area (Å²) < 4.78 is 0. The minimum absolute atomic E-state index is 0.236. The Morgan fingerprint density at radius 1 is 1.42 bits per heavy atom. The van der Waals surface area contributed by atoms with Crippen LogP contribution in [0.5, 0.6) is 0 Å². The molecular weight excluding hydrogens is 238 g/mol. The number of nitrogens with zero attached hydrogens (tertiary/aromatic N) is 1.